The van der Waals surface area contributed by atoms with Crippen molar-refractivity contribution in [3.63, 3.8) is 0 Å². The van der Waals surface area contributed by atoms with E-state index in [0.29, 0.717) is 18.2 Å². The van der Waals surface area contributed by atoms with E-state index in [4.69, 9.17) is 15.6 Å². The van der Waals surface area contributed by atoms with Crippen LogP contribution in [0.5, 0.6) is 0 Å². The van der Waals surface area contributed by atoms with Crippen LogP contribution in [0.3, 0.4) is 0 Å². The second-order valence-corrected chi connectivity index (χ2v) is 4.56. The van der Waals surface area contributed by atoms with Crippen molar-refractivity contribution in [3.05, 3.63) is 23.8 Å². The standard InChI is InChI=1S/C13H20N2O3/c1-8(2)12(7-18-3)15-11-5-4-9(13(16)17)6-10(11)14/h4-6,8,12,15H,7,14H2,1-3H3,(H,16,17). The fourth-order valence-corrected chi connectivity index (χ4v) is 1.61. The molecule has 1 rings (SSSR count). The number of anilines is 2. The van der Waals surface area contributed by atoms with Gasteiger partial charge in [-0.15, -0.1) is 0 Å². The van der Waals surface area contributed by atoms with Crippen molar-refractivity contribution in [1.82, 2.24) is 0 Å². The summed E-state index contributed by atoms with van der Waals surface area (Å²) < 4.78 is 5.14. The van der Waals surface area contributed by atoms with Crippen LogP contribution in [-0.4, -0.2) is 30.8 Å². The number of benzene rings is 1. The number of rotatable bonds is 6. The molecule has 0 radical (unpaired) electrons. The lowest BCUT2D eigenvalue weighted by molar-refractivity contribution is 0.0697. The molecule has 18 heavy (non-hydrogen) atoms. The Kier molecular flexibility index (Phi) is 4.97. The Balaban J connectivity index is 2.86. The molecule has 0 aromatic heterocycles. The Morgan fingerprint density at radius 3 is 2.61 bits per heavy atom. The largest absolute Gasteiger partial charge is 0.478 e. The summed E-state index contributed by atoms with van der Waals surface area (Å²) in [5.74, 6) is -0.603. The average Bonchev–Trinajstić information content (AvgIpc) is 2.30. The van der Waals surface area contributed by atoms with E-state index >= 15 is 0 Å². The third kappa shape index (κ3) is 3.63. The highest BCUT2D eigenvalue weighted by atomic mass is 16.5. The molecule has 0 amide bonds. The van der Waals surface area contributed by atoms with E-state index in [2.05, 4.69) is 19.2 Å². The summed E-state index contributed by atoms with van der Waals surface area (Å²) in [4.78, 5) is 10.8. The minimum atomic E-state index is -0.981. The fourth-order valence-electron chi connectivity index (χ4n) is 1.61. The SMILES string of the molecule is COCC(Nc1ccc(C(=O)O)cc1N)C(C)C. The first-order valence-corrected chi connectivity index (χ1v) is 5.84. The summed E-state index contributed by atoms with van der Waals surface area (Å²) >= 11 is 0. The van der Waals surface area contributed by atoms with E-state index in [1.54, 1.807) is 13.2 Å². The number of methoxy groups -OCH3 is 1. The summed E-state index contributed by atoms with van der Waals surface area (Å²) in [6.07, 6.45) is 0. The number of carboxylic acids is 1. The van der Waals surface area contributed by atoms with E-state index in [1.807, 2.05) is 0 Å². The van der Waals surface area contributed by atoms with Gasteiger partial charge in [0.2, 0.25) is 0 Å². The minimum Gasteiger partial charge on any atom is -0.478 e. The van der Waals surface area contributed by atoms with Crippen molar-refractivity contribution >= 4 is 17.3 Å². The van der Waals surface area contributed by atoms with Crippen LogP contribution in [-0.2, 0) is 4.74 Å². The smallest absolute Gasteiger partial charge is 0.335 e. The normalized spacial score (nSPS) is 12.4. The lowest BCUT2D eigenvalue weighted by Gasteiger charge is -2.23. The molecule has 100 valence electrons. The van der Waals surface area contributed by atoms with Crippen LogP contribution in [0.25, 0.3) is 0 Å². The quantitative estimate of drug-likeness (QED) is 0.675. The summed E-state index contributed by atoms with van der Waals surface area (Å²) in [5, 5.41) is 12.1. The fraction of sp³-hybridized carbons (Fsp3) is 0.462. The molecule has 0 saturated heterocycles. The van der Waals surface area contributed by atoms with E-state index in [0.717, 1.165) is 5.69 Å². The van der Waals surface area contributed by atoms with Gasteiger partial charge in [0, 0.05) is 7.11 Å². The van der Waals surface area contributed by atoms with Gasteiger partial charge in [-0.05, 0) is 24.1 Å². The molecule has 4 N–H and O–H groups in total. The number of nitrogens with one attached hydrogen (secondary N) is 1. The maximum absolute atomic E-state index is 10.8. The Morgan fingerprint density at radius 1 is 1.50 bits per heavy atom. The third-order valence-electron chi connectivity index (χ3n) is 2.79. The molecule has 5 heteroatoms. The first-order chi connectivity index (χ1) is 8.45. The predicted molar refractivity (Wildman–Crippen MR) is 71.9 cm³/mol. The van der Waals surface area contributed by atoms with Gasteiger partial charge in [0.05, 0.1) is 29.6 Å². The Labute approximate surface area is 107 Å². The highest BCUT2D eigenvalue weighted by Crippen LogP contribution is 2.22. The van der Waals surface area contributed by atoms with Gasteiger partial charge in [-0.1, -0.05) is 13.8 Å². The number of nitrogen functional groups attached to an aromatic ring is 1. The number of ether oxygens (including phenoxy) is 1. The third-order valence-corrected chi connectivity index (χ3v) is 2.79. The van der Waals surface area contributed by atoms with Gasteiger partial charge in [-0.2, -0.15) is 0 Å². The van der Waals surface area contributed by atoms with E-state index < -0.39 is 5.97 Å². The maximum atomic E-state index is 10.8. The van der Waals surface area contributed by atoms with Crippen LogP contribution in [0, 0.1) is 5.92 Å². The molecular formula is C13H20N2O3. The van der Waals surface area contributed by atoms with E-state index in [1.165, 1.54) is 12.1 Å². The van der Waals surface area contributed by atoms with Crippen molar-refractivity contribution in [2.75, 3.05) is 24.8 Å². The molecule has 1 unspecified atom stereocenters. The number of carboxylic acid groups (broad SMARTS) is 1. The molecule has 1 aromatic rings. The Hall–Kier alpha value is -1.75. The van der Waals surface area contributed by atoms with Crippen molar-refractivity contribution in [2.24, 2.45) is 5.92 Å². The van der Waals surface area contributed by atoms with Crippen LogP contribution in [0.4, 0.5) is 11.4 Å². The van der Waals surface area contributed by atoms with Crippen LogP contribution in [0.15, 0.2) is 18.2 Å². The molecule has 0 aliphatic rings. The maximum Gasteiger partial charge on any atom is 0.335 e. The van der Waals surface area contributed by atoms with Gasteiger partial charge in [0.25, 0.3) is 0 Å². The zero-order chi connectivity index (χ0) is 13.7. The number of hydrogen-bond acceptors (Lipinski definition) is 4. The zero-order valence-electron chi connectivity index (χ0n) is 10.9. The average molecular weight is 252 g/mol. The summed E-state index contributed by atoms with van der Waals surface area (Å²) in [6, 6.07) is 4.80. The van der Waals surface area contributed by atoms with Crippen LogP contribution < -0.4 is 11.1 Å². The molecular weight excluding hydrogens is 232 g/mol. The van der Waals surface area contributed by atoms with Gasteiger partial charge in [-0.25, -0.2) is 4.79 Å². The molecule has 1 aromatic carbocycles. The second-order valence-electron chi connectivity index (χ2n) is 4.56. The predicted octanol–water partition coefficient (Wildman–Crippen LogP) is 2.05. The molecule has 0 saturated carbocycles. The van der Waals surface area contributed by atoms with Crippen molar-refractivity contribution in [3.8, 4) is 0 Å². The van der Waals surface area contributed by atoms with Crippen molar-refractivity contribution in [1.29, 1.82) is 0 Å². The summed E-state index contributed by atoms with van der Waals surface area (Å²) in [6.45, 7) is 4.73. The minimum absolute atomic E-state index is 0.132. The molecule has 0 heterocycles. The van der Waals surface area contributed by atoms with Crippen LogP contribution in [0.1, 0.15) is 24.2 Å². The van der Waals surface area contributed by atoms with Crippen LogP contribution >= 0.6 is 0 Å². The lowest BCUT2D eigenvalue weighted by Crippen LogP contribution is -2.30. The molecule has 0 spiro atoms. The molecule has 0 fully saturated rings. The Bertz CT molecular complexity index is 419. The van der Waals surface area contributed by atoms with E-state index in [9.17, 15) is 4.79 Å². The number of aromatic carboxylic acids is 1. The van der Waals surface area contributed by atoms with Gasteiger partial charge < -0.3 is 20.9 Å². The summed E-state index contributed by atoms with van der Waals surface area (Å²) in [5.41, 5.74) is 7.18. The monoisotopic (exact) mass is 252 g/mol. The number of hydrogen-bond donors (Lipinski definition) is 3. The van der Waals surface area contributed by atoms with Gasteiger partial charge >= 0.3 is 5.97 Å². The number of carbonyl (C=O) groups is 1. The first-order valence-electron chi connectivity index (χ1n) is 5.84. The highest BCUT2D eigenvalue weighted by Gasteiger charge is 2.14. The van der Waals surface area contributed by atoms with Gasteiger partial charge in [0.15, 0.2) is 0 Å². The van der Waals surface area contributed by atoms with Gasteiger partial charge in [0.1, 0.15) is 0 Å². The molecule has 0 aliphatic heterocycles. The topological polar surface area (TPSA) is 84.6 Å². The van der Waals surface area contributed by atoms with Crippen molar-refractivity contribution < 1.29 is 14.6 Å². The number of nitrogens with two attached hydrogens (primary N) is 1. The molecule has 5 nitrogen and oxygen atoms in total. The summed E-state index contributed by atoms with van der Waals surface area (Å²) in [7, 11) is 1.65. The Morgan fingerprint density at radius 2 is 2.17 bits per heavy atom. The molecule has 0 bridgehead atoms. The van der Waals surface area contributed by atoms with Crippen LogP contribution in [0.2, 0.25) is 0 Å². The molecule has 1 atom stereocenters. The van der Waals surface area contributed by atoms with Gasteiger partial charge in [-0.3, -0.25) is 0 Å². The molecule has 0 aliphatic carbocycles. The lowest BCUT2D eigenvalue weighted by atomic mass is 10.0. The van der Waals surface area contributed by atoms with Crippen molar-refractivity contribution in [2.45, 2.75) is 19.9 Å². The van der Waals surface area contributed by atoms with E-state index in [-0.39, 0.29) is 11.6 Å². The first kappa shape index (κ1) is 14.3. The highest BCUT2D eigenvalue weighted by molar-refractivity contribution is 5.90. The zero-order valence-corrected chi connectivity index (χ0v) is 10.9. The second kappa shape index (κ2) is 6.26.